The van der Waals surface area contributed by atoms with Gasteiger partial charge < -0.3 is 15.6 Å². The number of ether oxygens (including phenoxy) is 1. The van der Waals surface area contributed by atoms with Crippen molar-refractivity contribution >= 4 is 66.2 Å². The molecule has 1 rings (SSSR count). The summed E-state index contributed by atoms with van der Waals surface area (Å²) in [5, 5.41) is 9.81. The number of phenolic OH excluding ortho intramolecular Hbond substituents is 1. The van der Waals surface area contributed by atoms with E-state index < -0.39 is 6.04 Å². The maximum absolute atomic E-state index is 11.4. The highest BCUT2D eigenvalue weighted by Crippen LogP contribution is 2.42. The molecule has 0 aliphatic rings. The molecule has 1 aromatic rings. The molecule has 1 atom stereocenters. The second-order valence-corrected chi connectivity index (χ2v) is 6.03. The molecule has 0 aliphatic heterocycles. The van der Waals surface area contributed by atoms with Crippen molar-refractivity contribution in [1.29, 1.82) is 0 Å². The Kier molecular flexibility index (Phi) is 8.54. The topological polar surface area (TPSA) is 72.5 Å². The van der Waals surface area contributed by atoms with Gasteiger partial charge in [0.05, 0.1) is 22.0 Å². The average molecular weight is 482 g/mol. The Labute approximate surface area is 142 Å². The fraction of sp³-hybridized carbons (Fsp3) is 0.364. The third-order valence-corrected chi connectivity index (χ3v) is 4.31. The van der Waals surface area contributed by atoms with E-state index in [4.69, 9.17) is 10.5 Å². The maximum Gasteiger partial charge on any atom is 0.307 e. The molecule has 1 aromatic carbocycles. The predicted molar refractivity (Wildman–Crippen MR) is 86.6 cm³/mol. The zero-order valence-electron chi connectivity index (χ0n) is 9.95. The summed E-state index contributed by atoms with van der Waals surface area (Å²) in [7, 11) is 0. The number of carbonyl (C=O) groups excluding carboxylic acids is 1. The first kappa shape index (κ1) is 19.2. The van der Waals surface area contributed by atoms with Crippen LogP contribution in [0, 0.1) is 0 Å². The molecule has 0 aliphatic carbocycles. The van der Waals surface area contributed by atoms with Crippen LogP contribution < -0.4 is 5.73 Å². The van der Waals surface area contributed by atoms with Gasteiger partial charge >= 0.3 is 5.97 Å². The normalized spacial score (nSPS) is 11.6. The summed E-state index contributed by atoms with van der Waals surface area (Å²) in [5.74, 6) is -0.321. The van der Waals surface area contributed by atoms with Crippen LogP contribution in [0.2, 0.25) is 0 Å². The van der Waals surface area contributed by atoms with Gasteiger partial charge in [-0.1, -0.05) is 15.9 Å². The molecule has 0 unspecified atom stereocenters. The SMILES string of the molecule is CCOC(=O)C[C@@H](N)c1c(Br)cc(Br)c(O)c1Br.Cl. The fourth-order valence-corrected chi connectivity index (χ4v) is 4.14. The Morgan fingerprint density at radius 2 is 2.00 bits per heavy atom. The van der Waals surface area contributed by atoms with Crippen molar-refractivity contribution in [3.63, 3.8) is 0 Å². The largest absolute Gasteiger partial charge is 0.506 e. The third kappa shape index (κ3) is 4.90. The first-order chi connectivity index (χ1) is 8.38. The van der Waals surface area contributed by atoms with Gasteiger partial charge in [0, 0.05) is 16.1 Å². The summed E-state index contributed by atoms with van der Waals surface area (Å²) in [5.41, 5.74) is 6.59. The number of esters is 1. The second kappa shape index (κ2) is 8.46. The van der Waals surface area contributed by atoms with E-state index >= 15 is 0 Å². The number of halogens is 4. The molecule has 0 bridgehead atoms. The van der Waals surface area contributed by atoms with Gasteiger partial charge in [-0.15, -0.1) is 12.4 Å². The molecular weight excluding hydrogens is 469 g/mol. The first-order valence-electron chi connectivity index (χ1n) is 5.16. The van der Waals surface area contributed by atoms with E-state index in [9.17, 15) is 9.90 Å². The lowest BCUT2D eigenvalue weighted by Gasteiger charge is -2.16. The van der Waals surface area contributed by atoms with E-state index in [0.29, 0.717) is 25.6 Å². The van der Waals surface area contributed by atoms with Crippen molar-refractivity contribution < 1.29 is 14.6 Å². The van der Waals surface area contributed by atoms with Crippen molar-refractivity contribution in [3.8, 4) is 5.75 Å². The van der Waals surface area contributed by atoms with Gasteiger partial charge in [-0.25, -0.2) is 0 Å². The van der Waals surface area contributed by atoms with Crippen LogP contribution in [0.1, 0.15) is 24.9 Å². The Morgan fingerprint density at radius 3 is 2.53 bits per heavy atom. The monoisotopic (exact) mass is 479 g/mol. The number of nitrogens with two attached hydrogens (primary N) is 1. The molecule has 8 heteroatoms. The lowest BCUT2D eigenvalue weighted by molar-refractivity contribution is -0.143. The van der Waals surface area contributed by atoms with Crippen molar-refractivity contribution in [1.82, 2.24) is 0 Å². The van der Waals surface area contributed by atoms with Gasteiger partial charge in [0.1, 0.15) is 5.75 Å². The van der Waals surface area contributed by atoms with Crippen molar-refractivity contribution in [3.05, 3.63) is 25.0 Å². The molecule has 0 spiro atoms. The van der Waals surface area contributed by atoms with E-state index in [2.05, 4.69) is 47.8 Å². The highest BCUT2D eigenvalue weighted by molar-refractivity contribution is 9.11. The maximum atomic E-state index is 11.4. The summed E-state index contributed by atoms with van der Waals surface area (Å²) < 4.78 is 6.55. The number of rotatable bonds is 4. The zero-order chi connectivity index (χ0) is 13.9. The summed E-state index contributed by atoms with van der Waals surface area (Å²) >= 11 is 9.84. The number of phenols is 1. The fourth-order valence-electron chi connectivity index (χ4n) is 1.44. The third-order valence-electron chi connectivity index (χ3n) is 2.24. The van der Waals surface area contributed by atoms with Crippen LogP contribution in [0.4, 0.5) is 0 Å². The smallest absolute Gasteiger partial charge is 0.307 e. The molecule has 108 valence electrons. The summed E-state index contributed by atoms with van der Waals surface area (Å²) in [4.78, 5) is 11.4. The van der Waals surface area contributed by atoms with E-state index in [0.717, 1.165) is 0 Å². The predicted octanol–water partition coefficient (Wildman–Crippen LogP) is 4.05. The summed E-state index contributed by atoms with van der Waals surface area (Å²) in [6.07, 6.45) is 0.0477. The molecule has 19 heavy (non-hydrogen) atoms. The molecule has 0 radical (unpaired) electrons. The molecule has 3 N–H and O–H groups in total. The van der Waals surface area contributed by atoms with Gasteiger partial charge in [0.15, 0.2) is 0 Å². The number of aromatic hydroxyl groups is 1. The summed E-state index contributed by atoms with van der Waals surface area (Å²) in [6.45, 7) is 2.06. The van der Waals surface area contributed by atoms with E-state index in [-0.39, 0.29) is 30.5 Å². The minimum atomic E-state index is -0.563. The van der Waals surface area contributed by atoms with E-state index in [1.165, 1.54) is 0 Å². The van der Waals surface area contributed by atoms with E-state index in [1.54, 1.807) is 13.0 Å². The lowest BCUT2D eigenvalue weighted by Crippen LogP contribution is -2.18. The Hall–Kier alpha value is 0.180. The highest BCUT2D eigenvalue weighted by Gasteiger charge is 2.21. The van der Waals surface area contributed by atoms with Crippen LogP contribution >= 0.6 is 60.2 Å². The summed E-state index contributed by atoms with van der Waals surface area (Å²) in [6, 6.07) is 1.12. The number of hydrogen-bond donors (Lipinski definition) is 2. The zero-order valence-corrected chi connectivity index (χ0v) is 15.5. The van der Waals surface area contributed by atoms with Crippen LogP contribution in [0.15, 0.2) is 19.5 Å². The standard InChI is InChI=1S/C11H12Br3NO3.ClH/c1-2-18-8(16)4-7(15)9-5(12)3-6(13)11(17)10(9)14;/h3,7,17H,2,4,15H2,1H3;1H/t7-;/m1./s1. The molecule has 0 saturated heterocycles. The van der Waals surface area contributed by atoms with Crippen molar-refractivity contribution in [2.45, 2.75) is 19.4 Å². The van der Waals surface area contributed by atoms with Gasteiger partial charge in [-0.3, -0.25) is 4.79 Å². The van der Waals surface area contributed by atoms with Crippen molar-refractivity contribution in [2.24, 2.45) is 5.73 Å². The first-order valence-corrected chi connectivity index (χ1v) is 7.53. The number of carbonyl (C=O) groups is 1. The molecule has 0 aromatic heterocycles. The molecule has 0 amide bonds. The number of benzene rings is 1. The molecule has 0 heterocycles. The Balaban J connectivity index is 0.00000324. The average Bonchev–Trinajstić information content (AvgIpc) is 2.26. The minimum absolute atomic E-state index is 0. The van der Waals surface area contributed by atoms with Gasteiger partial charge in [-0.2, -0.15) is 0 Å². The highest BCUT2D eigenvalue weighted by atomic mass is 79.9. The van der Waals surface area contributed by atoms with Crippen LogP contribution in [-0.2, 0) is 9.53 Å². The van der Waals surface area contributed by atoms with Crippen LogP contribution in [-0.4, -0.2) is 17.7 Å². The van der Waals surface area contributed by atoms with Crippen LogP contribution in [0.5, 0.6) is 5.75 Å². The van der Waals surface area contributed by atoms with Crippen molar-refractivity contribution in [2.75, 3.05) is 6.61 Å². The molecule has 0 fully saturated rings. The van der Waals surface area contributed by atoms with Crippen LogP contribution in [0.25, 0.3) is 0 Å². The molecule has 4 nitrogen and oxygen atoms in total. The van der Waals surface area contributed by atoms with E-state index in [1.807, 2.05) is 0 Å². The number of hydrogen-bond acceptors (Lipinski definition) is 4. The Morgan fingerprint density at radius 1 is 1.42 bits per heavy atom. The molecular formula is C11H13Br3ClNO3. The van der Waals surface area contributed by atoms with Gasteiger partial charge in [0.2, 0.25) is 0 Å². The lowest BCUT2D eigenvalue weighted by atomic mass is 10.0. The minimum Gasteiger partial charge on any atom is -0.506 e. The quantitative estimate of drug-likeness (QED) is 0.636. The van der Waals surface area contributed by atoms with Gasteiger partial charge in [-0.05, 0) is 44.8 Å². The second-order valence-electron chi connectivity index (χ2n) is 3.53. The van der Waals surface area contributed by atoms with Gasteiger partial charge in [0.25, 0.3) is 0 Å². The Bertz CT molecular complexity index is 471. The van der Waals surface area contributed by atoms with Crippen LogP contribution in [0.3, 0.4) is 0 Å². The molecule has 0 saturated carbocycles.